The summed E-state index contributed by atoms with van der Waals surface area (Å²) in [7, 11) is 0. The summed E-state index contributed by atoms with van der Waals surface area (Å²) in [5, 5.41) is 10.3. The molecule has 2 N–H and O–H groups in total. The molecule has 8 nitrogen and oxygen atoms in total. The zero-order valence-electron chi connectivity index (χ0n) is 17.2. The summed E-state index contributed by atoms with van der Waals surface area (Å²) >= 11 is 0. The van der Waals surface area contributed by atoms with Gasteiger partial charge in [0.05, 0.1) is 0 Å². The normalized spacial score (nSPS) is 17.9. The van der Waals surface area contributed by atoms with Gasteiger partial charge in [-0.25, -0.2) is 14.8 Å². The number of likely N-dealkylation sites (tertiary alicyclic amines) is 1. The van der Waals surface area contributed by atoms with Crippen molar-refractivity contribution in [3.05, 3.63) is 29.8 Å². The Morgan fingerprint density at radius 1 is 1.32 bits per heavy atom. The van der Waals surface area contributed by atoms with Crippen LogP contribution in [0.25, 0.3) is 0 Å². The van der Waals surface area contributed by atoms with Crippen LogP contribution in [0.4, 0.5) is 16.4 Å². The second kappa shape index (κ2) is 8.58. The first-order valence-electron chi connectivity index (χ1n) is 9.87. The topological polar surface area (TPSA) is 96.0 Å². The third kappa shape index (κ3) is 5.94. The number of carbonyl (C=O) groups is 1. The Balaban J connectivity index is 1.55. The minimum absolute atomic E-state index is 0.218. The molecule has 0 saturated carbocycles. The second-order valence-electron chi connectivity index (χ2n) is 8.39. The summed E-state index contributed by atoms with van der Waals surface area (Å²) in [6, 6.07) is 3.77. The number of aryl methyl sites for hydroxylation is 1. The van der Waals surface area contributed by atoms with Crippen molar-refractivity contribution in [2.45, 2.75) is 59.0 Å². The van der Waals surface area contributed by atoms with Gasteiger partial charge in [-0.05, 0) is 58.9 Å². The maximum Gasteiger partial charge on any atom is 0.410 e. The molecule has 1 saturated heterocycles. The number of nitrogens with one attached hydrogen (secondary N) is 2. The standard InChI is InChI=1S/C20H30N6O2/c1-14-12-18(25-24-14)23-16-7-9-21-17(22-16)13-15-6-5-10-26(11-8-15)19(27)28-20(2,3)4/h7,9,12,15H,5-6,8,10-11,13H2,1-4H3,(H2,21,22,23,24,25)/t15-/m0/s1. The summed E-state index contributed by atoms with van der Waals surface area (Å²) in [6.07, 6.45) is 5.31. The number of aromatic nitrogens is 4. The highest BCUT2D eigenvalue weighted by Crippen LogP contribution is 2.23. The van der Waals surface area contributed by atoms with Gasteiger partial charge in [0.1, 0.15) is 17.2 Å². The van der Waals surface area contributed by atoms with Crippen molar-refractivity contribution < 1.29 is 9.53 Å². The van der Waals surface area contributed by atoms with E-state index in [1.54, 1.807) is 6.20 Å². The molecular formula is C20H30N6O2. The van der Waals surface area contributed by atoms with Gasteiger partial charge >= 0.3 is 6.09 Å². The van der Waals surface area contributed by atoms with E-state index in [-0.39, 0.29) is 6.09 Å². The monoisotopic (exact) mass is 386 g/mol. The zero-order chi connectivity index (χ0) is 20.1. The van der Waals surface area contributed by atoms with E-state index in [4.69, 9.17) is 4.74 Å². The number of ether oxygens (including phenoxy) is 1. The van der Waals surface area contributed by atoms with Crippen molar-refractivity contribution in [2.75, 3.05) is 18.4 Å². The van der Waals surface area contributed by atoms with Gasteiger partial charge in [-0.3, -0.25) is 5.10 Å². The Morgan fingerprint density at radius 3 is 2.86 bits per heavy atom. The third-order valence-electron chi connectivity index (χ3n) is 4.64. The van der Waals surface area contributed by atoms with Gasteiger partial charge in [0.2, 0.25) is 0 Å². The molecule has 0 aromatic carbocycles. The van der Waals surface area contributed by atoms with Gasteiger partial charge in [0.15, 0.2) is 5.82 Å². The Morgan fingerprint density at radius 2 is 2.14 bits per heavy atom. The Labute approximate surface area is 166 Å². The molecule has 28 heavy (non-hydrogen) atoms. The van der Waals surface area contributed by atoms with Crippen LogP contribution in [0.1, 0.15) is 51.6 Å². The molecule has 3 rings (SSSR count). The highest BCUT2D eigenvalue weighted by Gasteiger charge is 2.25. The fraction of sp³-hybridized carbons (Fsp3) is 0.600. The van der Waals surface area contributed by atoms with Gasteiger partial charge < -0.3 is 15.0 Å². The van der Waals surface area contributed by atoms with Crippen molar-refractivity contribution in [1.29, 1.82) is 0 Å². The lowest BCUT2D eigenvalue weighted by molar-refractivity contribution is 0.0255. The van der Waals surface area contributed by atoms with E-state index in [0.717, 1.165) is 55.4 Å². The molecule has 0 bridgehead atoms. The van der Waals surface area contributed by atoms with E-state index in [9.17, 15) is 4.79 Å². The largest absolute Gasteiger partial charge is 0.444 e. The quantitative estimate of drug-likeness (QED) is 0.829. The summed E-state index contributed by atoms with van der Waals surface area (Å²) in [5.74, 6) is 2.74. The number of amides is 1. The molecule has 1 fully saturated rings. The van der Waals surface area contributed by atoms with E-state index in [1.165, 1.54) is 0 Å². The van der Waals surface area contributed by atoms with Crippen molar-refractivity contribution in [3.8, 4) is 0 Å². The number of hydrogen-bond donors (Lipinski definition) is 2. The van der Waals surface area contributed by atoms with E-state index in [1.807, 2.05) is 44.7 Å². The van der Waals surface area contributed by atoms with Gasteiger partial charge in [-0.2, -0.15) is 5.10 Å². The first kappa shape index (κ1) is 20.1. The molecule has 152 valence electrons. The molecule has 3 heterocycles. The summed E-state index contributed by atoms with van der Waals surface area (Å²) < 4.78 is 5.51. The molecule has 1 aliphatic rings. The van der Waals surface area contributed by atoms with Gasteiger partial charge in [0, 0.05) is 37.5 Å². The van der Waals surface area contributed by atoms with Crippen LogP contribution in [0, 0.1) is 12.8 Å². The smallest absolute Gasteiger partial charge is 0.410 e. The molecule has 1 amide bonds. The van der Waals surface area contributed by atoms with Crippen LogP contribution in [0.5, 0.6) is 0 Å². The molecule has 0 radical (unpaired) electrons. The first-order chi connectivity index (χ1) is 13.3. The predicted octanol–water partition coefficient (Wildman–Crippen LogP) is 3.83. The number of nitrogens with zero attached hydrogens (tertiary/aromatic N) is 4. The van der Waals surface area contributed by atoms with Gasteiger partial charge in [0.25, 0.3) is 0 Å². The maximum atomic E-state index is 12.3. The number of anilines is 2. The number of H-pyrrole nitrogens is 1. The number of hydrogen-bond acceptors (Lipinski definition) is 6. The van der Waals surface area contributed by atoms with Crippen LogP contribution in [-0.4, -0.2) is 49.8 Å². The molecular weight excluding hydrogens is 356 g/mol. The Bertz CT molecular complexity index is 798. The lowest BCUT2D eigenvalue weighted by Gasteiger charge is -2.26. The fourth-order valence-electron chi connectivity index (χ4n) is 3.32. The predicted molar refractivity (Wildman–Crippen MR) is 107 cm³/mol. The van der Waals surface area contributed by atoms with Gasteiger partial charge in [-0.15, -0.1) is 0 Å². The third-order valence-corrected chi connectivity index (χ3v) is 4.64. The van der Waals surface area contributed by atoms with E-state index >= 15 is 0 Å². The average Bonchev–Trinajstić information content (AvgIpc) is 2.87. The highest BCUT2D eigenvalue weighted by atomic mass is 16.6. The second-order valence-corrected chi connectivity index (χ2v) is 8.39. The average molecular weight is 387 g/mol. The molecule has 1 aliphatic heterocycles. The zero-order valence-corrected chi connectivity index (χ0v) is 17.2. The van der Waals surface area contributed by atoms with Crippen LogP contribution >= 0.6 is 0 Å². The Kier molecular flexibility index (Phi) is 6.16. The summed E-state index contributed by atoms with van der Waals surface area (Å²) in [4.78, 5) is 23.2. The molecule has 2 aromatic heterocycles. The van der Waals surface area contributed by atoms with Crippen LogP contribution in [0.2, 0.25) is 0 Å². The van der Waals surface area contributed by atoms with Crippen LogP contribution in [0.3, 0.4) is 0 Å². The summed E-state index contributed by atoms with van der Waals surface area (Å²) in [5.41, 5.74) is 0.529. The number of rotatable bonds is 4. The molecule has 2 aromatic rings. The van der Waals surface area contributed by atoms with Gasteiger partial charge in [-0.1, -0.05) is 0 Å². The van der Waals surface area contributed by atoms with Crippen LogP contribution < -0.4 is 5.32 Å². The molecule has 1 atom stereocenters. The van der Waals surface area contributed by atoms with E-state index in [2.05, 4.69) is 25.5 Å². The van der Waals surface area contributed by atoms with Crippen molar-refractivity contribution in [2.24, 2.45) is 5.92 Å². The van der Waals surface area contributed by atoms with E-state index < -0.39 is 5.60 Å². The first-order valence-corrected chi connectivity index (χ1v) is 9.87. The summed E-state index contributed by atoms with van der Waals surface area (Å²) in [6.45, 7) is 9.10. The van der Waals surface area contributed by atoms with Crippen molar-refractivity contribution in [1.82, 2.24) is 25.1 Å². The number of carbonyl (C=O) groups excluding carboxylic acids is 1. The minimum Gasteiger partial charge on any atom is -0.444 e. The lowest BCUT2D eigenvalue weighted by Crippen LogP contribution is -2.37. The molecule has 0 spiro atoms. The Hall–Kier alpha value is -2.64. The van der Waals surface area contributed by atoms with E-state index in [0.29, 0.717) is 12.5 Å². The SMILES string of the molecule is Cc1cc(Nc2ccnc(C[C@H]3CCCN(C(=O)OC(C)(C)C)CC3)n2)n[nH]1. The highest BCUT2D eigenvalue weighted by molar-refractivity contribution is 5.68. The van der Waals surface area contributed by atoms with Crippen molar-refractivity contribution in [3.63, 3.8) is 0 Å². The molecule has 0 aliphatic carbocycles. The minimum atomic E-state index is -0.461. The lowest BCUT2D eigenvalue weighted by atomic mass is 9.96. The number of aromatic amines is 1. The molecule has 0 unspecified atom stereocenters. The van der Waals surface area contributed by atoms with Crippen LogP contribution in [-0.2, 0) is 11.2 Å². The fourth-order valence-corrected chi connectivity index (χ4v) is 3.32. The van der Waals surface area contributed by atoms with Crippen molar-refractivity contribution >= 4 is 17.7 Å². The maximum absolute atomic E-state index is 12.3. The van der Waals surface area contributed by atoms with Crippen LogP contribution in [0.15, 0.2) is 18.3 Å². The molecule has 8 heteroatoms.